The second-order valence-corrected chi connectivity index (χ2v) is 8.98. The molecule has 7 heteroatoms. The Labute approximate surface area is 167 Å². The summed E-state index contributed by atoms with van der Waals surface area (Å²) in [5, 5.41) is 2.77. The van der Waals surface area contributed by atoms with Gasteiger partial charge in [0.1, 0.15) is 18.9 Å². The summed E-state index contributed by atoms with van der Waals surface area (Å²) in [5.41, 5.74) is 1.47. The molecular weight excluding hydrogens is 376 g/mol. The Balaban J connectivity index is 2.00. The standard InChI is InChI=1S/C21H28N2O4S/c1-17(2)13-14-22-21(24)15-23(28(3,25)26)19-9-11-20(12-10-19)27-16-18-7-5-4-6-8-18/h4-12,17H,13-16H2,1-3H3,(H,22,24). The van der Waals surface area contributed by atoms with Crippen molar-refractivity contribution in [3.8, 4) is 5.75 Å². The van der Waals surface area contributed by atoms with Crippen molar-refractivity contribution in [3.05, 3.63) is 60.2 Å². The van der Waals surface area contributed by atoms with Gasteiger partial charge < -0.3 is 10.1 Å². The summed E-state index contributed by atoms with van der Waals surface area (Å²) < 4.78 is 31.1. The molecule has 0 aliphatic rings. The molecule has 0 fully saturated rings. The molecule has 2 aromatic carbocycles. The smallest absolute Gasteiger partial charge is 0.240 e. The lowest BCUT2D eigenvalue weighted by Crippen LogP contribution is -2.40. The molecule has 0 aliphatic heterocycles. The number of amides is 1. The molecule has 0 atom stereocenters. The van der Waals surface area contributed by atoms with E-state index in [9.17, 15) is 13.2 Å². The van der Waals surface area contributed by atoms with Gasteiger partial charge in [0.05, 0.1) is 11.9 Å². The largest absolute Gasteiger partial charge is 0.489 e. The van der Waals surface area contributed by atoms with Crippen LogP contribution in [0.4, 0.5) is 5.69 Å². The number of rotatable bonds is 10. The summed E-state index contributed by atoms with van der Waals surface area (Å²) in [6.45, 7) is 4.84. The highest BCUT2D eigenvalue weighted by atomic mass is 32.2. The zero-order valence-corrected chi connectivity index (χ0v) is 17.4. The Morgan fingerprint density at radius 1 is 1.07 bits per heavy atom. The van der Waals surface area contributed by atoms with Gasteiger partial charge >= 0.3 is 0 Å². The van der Waals surface area contributed by atoms with E-state index in [-0.39, 0.29) is 12.5 Å². The lowest BCUT2D eigenvalue weighted by atomic mass is 10.1. The van der Waals surface area contributed by atoms with Gasteiger partial charge in [-0.05, 0) is 42.2 Å². The second-order valence-electron chi connectivity index (χ2n) is 7.07. The van der Waals surface area contributed by atoms with E-state index in [1.165, 1.54) is 0 Å². The van der Waals surface area contributed by atoms with E-state index in [0.717, 1.165) is 22.5 Å². The van der Waals surface area contributed by atoms with Crippen LogP contribution in [0.25, 0.3) is 0 Å². The average Bonchev–Trinajstić information content (AvgIpc) is 2.65. The predicted molar refractivity (Wildman–Crippen MR) is 112 cm³/mol. The molecule has 0 unspecified atom stereocenters. The van der Waals surface area contributed by atoms with Gasteiger partial charge in [0.2, 0.25) is 15.9 Å². The molecule has 1 amide bonds. The van der Waals surface area contributed by atoms with E-state index >= 15 is 0 Å². The number of benzene rings is 2. The van der Waals surface area contributed by atoms with Crippen molar-refractivity contribution in [2.75, 3.05) is 23.7 Å². The number of carbonyl (C=O) groups is 1. The number of sulfonamides is 1. The summed E-state index contributed by atoms with van der Waals surface area (Å²) in [6.07, 6.45) is 1.94. The van der Waals surface area contributed by atoms with Crippen molar-refractivity contribution in [1.82, 2.24) is 5.32 Å². The number of ether oxygens (including phenoxy) is 1. The molecule has 0 bridgehead atoms. The quantitative estimate of drug-likeness (QED) is 0.660. The molecule has 1 N–H and O–H groups in total. The van der Waals surface area contributed by atoms with Crippen molar-refractivity contribution in [3.63, 3.8) is 0 Å². The van der Waals surface area contributed by atoms with Crippen LogP contribution in [0.3, 0.4) is 0 Å². The lowest BCUT2D eigenvalue weighted by Gasteiger charge is -2.22. The Bertz CT molecular complexity index is 850. The molecule has 0 saturated carbocycles. The third kappa shape index (κ3) is 7.23. The van der Waals surface area contributed by atoms with Crippen molar-refractivity contribution < 1.29 is 17.9 Å². The summed E-state index contributed by atoms with van der Waals surface area (Å²) in [4.78, 5) is 12.1. The molecule has 2 rings (SSSR count). The van der Waals surface area contributed by atoms with Gasteiger partial charge in [0.25, 0.3) is 0 Å². The maximum absolute atomic E-state index is 12.2. The maximum Gasteiger partial charge on any atom is 0.240 e. The maximum atomic E-state index is 12.2. The third-order valence-corrected chi connectivity index (χ3v) is 5.25. The highest BCUT2D eigenvalue weighted by molar-refractivity contribution is 7.92. The van der Waals surface area contributed by atoms with Crippen molar-refractivity contribution in [2.24, 2.45) is 5.92 Å². The first kappa shape index (κ1) is 21.8. The lowest BCUT2D eigenvalue weighted by molar-refractivity contribution is -0.119. The highest BCUT2D eigenvalue weighted by Crippen LogP contribution is 2.22. The Hall–Kier alpha value is -2.54. The molecule has 6 nitrogen and oxygen atoms in total. The molecule has 28 heavy (non-hydrogen) atoms. The van der Waals surface area contributed by atoms with E-state index in [0.29, 0.717) is 30.5 Å². The van der Waals surface area contributed by atoms with Crippen LogP contribution in [0.1, 0.15) is 25.8 Å². The molecule has 152 valence electrons. The van der Waals surface area contributed by atoms with Crippen LogP contribution in [-0.2, 0) is 21.4 Å². The van der Waals surface area contributed by atoms with E-state index in [2.05, 4.69) is 19.2 Å². The fraction of sp³-hybridized carbons (Fsp3) is 0.381. The molecule has 0 spiro atoms. The van der Waals surface area contributed by atoms with Crippen LogP contribution in [0, 0.1) is 5.92 Å². The highest BCUT2D eigenvalue weighted by Gasteiger charge is 2.20. The number of hydrogen-bond acceptors (Lipinski definition) is 4. The van der Waals surface area contributed by atoms with Crippen LogP contribution in [-0.4, -0.2) is 33.7 Å². The minimum atomic E-state index is -3.59. The zero-order valence-electron chi connectivity index (χ0n) is 16.6. The zero-order chi connectivity index (χ0) is 20.6. The van der Waals surface area contributed by atoms with Gasteiger partial charge in [-0.1, -0.05) is 44.2 Å². The first-order chi connectivity index (χ1) is 13.3. The van der Waals surface area contributed by atoms with Crippen LogP contribution in [0.2, 0.25) is 0 Å². The monoisotopic (exact) mass is 404 g/mol. The van der Waals surface area contributed by atoms with Crippen LogP contribution >= 0.6 is 0 Å². The van der Waals surface area contributed by atoms with Crippen LogP contribution in [0.15, 0.2) is 54.6 Å². The Morgan fingerprint density at radius 2 is 1.71 bits per heavy atom. The number of carbonyl (C=O) groups excluding carboxylic acids is 1. The fourth-order valence-corrected chi connectivity index (χ4v) is 3.39. The fourth-order valence-electron chi connectivity index (χ4n) is 2.54. The minimum absolute atomic E-state index is 0.249. The second kappa shape index (κ2) is 10.1. The molecule has 0 radical (unpaired) electrons. The van der Waals surface area contributed by atoms with Gasteiger partial charge in [-0.15, -0.1) is 0 Å². The summed E-state index contributed by atoms with van der Waals surface area (Å²) in [5.74, 6) is 0.771. The molecule has 0 saturated heterocycles. The van der Waals surface area contributed by atoms with E-state index in [4.69, 9.17) is 4.74 Å². The summed E-state index contributed by atoms with van der Waals surface area (Å²) in [7, 11) is -3.59. The summed E-state index contributed by atoms with van der Waals surface area (Å²) >= 11 is 0. The van der Waals surface area contributed by atoms with E-state index in [1.807, 2.05) is 30.3 Å². The van der Waals surface area contributed by atoms with Gasteiger partial charge in [-0.2, -0.15) is 0 Å². The molecule has 0 aromatic heterocycles. The number of anilines is 1. The number of nitrogens with one attached hydrogen (secondary N) is 1. The average molecular weight is 405 g/mol. The van der Waals surface area contributed by atoms with E-state index < -0.39 is 10.0 Å². The van der Waals surface area contributed by atoms with Crippen LogP contribution < -0.4 is 14.4 Å². The molecular formula is C21H28N2O4S. The molecule has 2 aromatic rings. The molecule has 0 heterocycles. The Morgan fingerprint density at radius 3 is 2.29 bits per heavy atom. The van der Waals surface area contributed by atoms with Gasteiger partial charge in [-0.25, -0.2) is 8.42 Å². The third-order valence-electron chi connectivity index (χ3n) is 4.10. The number of hydrogen-bond donors (Lipinski definition) is 1. The van der Waals surface area contributed by atoms with Gasteiger partial charge in [0, 0.05) is 6.54 Å². The first-order valence-corrected chi connectivity index (χ1v) is 11.1. The van der Waals surface area contributed by atoms with Crippen LogP contribution in [0.5, 0.6) is 5.75 Å². The van der Waals surface area contributed by atoms with Gasteiger partial charge in [-0.3, -0.25) is 9.10 Å². The first-order valence-electron chi connectivity index (χ1n) is 9.27. The molecule has 0 aliphatic carbocycles. The minimum Gasteiger partial charge on any atom is -0.489 e. The van der Waals surface area contributed by atoms with Gasteiger partial charge in [0.15, 0.2) is 0 Å². The van der Waals surface area contributed by atoms with Crippen molar-refractivity contribution in [1.29, 1.82) is 0 Å². The normalized spacial score (nSPS) is 11.3. The predicted octanol–water partition coefficient (Wildman–Crippen LogP) is 3.19. The van der Waals surface area contributed by atoms with E-state index in [1.54, 1.807) is 24.3 Å². The van der Waals surface area contributed by atoms with Crippen molar-refractivity contribution >= 4 is 21.6 Å². The number of nitrogens with zero attached hydrogens (tertiary/aromatic N) is 1. The topological polar surface area (TPSA) is 75.7 Å². The SMILES string of the molecule is CC(C)CCNC(=O)CN(c1ccc(OCc2ccccc2)cc1)S(C)(=O)=O. The summed E-state index contributed by atoms with van der Waals surface area (Å²) in [6, 6.07) is 16.5. The van der Waals surface area contributed by atoms with Crippen molar-refractivity contribution in [2.45, 2.75) is 26.9 Å². The Kier molecular flexibility index (Phi) is 7.87.